The first kappa shape index (κ1) is 14.3. The molecular formula is C10H22N2O3. The highest BCUT2D eigenvalue weighted by Crippen LogP contribution is 1.94. The maximum absolute atomic E-state index is 11.0. The molecule has 2 N–H and O–H groups in total. The molecule has 0 saturated heterocycles. The molecule has 90 valence electrons. The number of hydrogen-bond donors (Lipinski definition) is 1. The maximum Gasteiger partial charge on any atom is 0.322 e. The van der Waals surface area contributed by atoms with Gasteiger partial charge in [0.05, 0.1) is 13.7 Å². The number of nitrogens with zero attached hydrogens (tertiary/aromatic N) is 1. The predicted octanol–water partition coefficient (Wildman–Crippen LogP) is -0.155. The van der Waals surface area contributed by atoms with Crippen LogP contribution in [-0.2, 0) is 14.3 Å². The second-order valence-electron chi connectivity index (χ2n) is 3.42. The third-order valence-electron chi connectivity index (χ3n) is 2.15. The van der Waals surface area contributed by atoms with Crippen molar-refractivity contribution >= 4 is 5.97 Å². The molecular weight excluding hydrogens is 196 g/mol. The van der Waals surface area contributed by atoms with Crippen LogP contribution in [0.25, 0.3) is 0 Å². The molecule has 0 aromatic heterocycles. The molecule has 0 fully saturated rings. The number of methoxy groups -OCH3 is 1. The highest BCUT2D eigenvalue weighted by atomic mass is 16.5. The van der Waals surface area contributed by atoms with Crippen molar-refractivity contribution in [1.82, 2.24) is 4.90 Å². The molecule has 0 aliphatic heterocycles. The number of rotatable bonds is 8. The number of ether oxygens (including phenoxy) is 2. The fraction of sp³-hybridized carbons (Fsp3) is 0.900. The summed E-state index contributed by atoms with van der Waals surface area (Å²) in [5.74, 6) is -0.354. The molecule has 1 unspecified atom stereocenters. The Labute approximate surface area is 91.5 Å². The van der Waals surface area contributed by atoms with Crippen LogP contribution in [0.15, 0.2) is 0 Å². The van der Waals surface area contributed by atoms with Crippen LogP contribution < -0.4 is 5.73 Å². The van der Waals surface area contributed by atoms with E-state index in [1.54, 1.807) is 0 Å². The molecule has 0 spiro atoms. The Bertz CT molecular complexity index is 176. The highest BCUT2D eigenvalue weighted by Gasteiger charge is 2.13. The van der Waals surface area contributed by atoms with E-state index < -0.39 is 6.04 Å². The second-order valence-corrected chi connectivity index (χ2v) is 3.42. The third kappa shape index (κ3) is 7.30. The Morgan fingerprint density at radius 1 is 1.47 bits per heavy atom. The van der Waals surface area contributed by atoms with Crippen molar-refractivity contribution < 1.29 is 14.3 Å². The summed E-state index contributed by atoms with van der Waals surface area (Å²) in [5.41, 5.74) is 5.60. The van der Waals surface area contributed by atoms with E-state index in [2.05, 4.69) is 9.64 Å². The van der Waals surface area contributed by atoms with E-state index in [1.807, 2.05) is 14.0 Å². The van der Waals surface area contributed by atoms with Crippen molar-refractivity contribution in [2.75, 3.05) is 40.5 Å². The van der Waals surface area contributed by atoms with Crippen LogP contribution in [0.1, 0.15) is 13.3 Å². The molecule has 0 heterocycles. The van der Waals surface area contributed by atoms with Gasteiger partial charge in [-0.2, -0.15) is 0 Å². The van der Waals surface area contributed by atoms with Gasteiger partial charge in [-0.1, -0.05) is 0 Å². The number of carbonyl (C=O) groups excluding carboxylic acids is 1. The molecule has 15 heavy (non-hydrogen) atoms. The van der Waals surface area contributed by atoms with E-state index in [9.17, 15) is 4.79 Å². The molecule has 0 aliphatic carbocycles. The topological polar surface area (TPSA) is 64.8 Å². The minimum atomic E-state index is -0.524. The lowest BCUT2D eigenvalue weighted by atomic mass is 10.2. The Hall–Kier alpha value is -0.650. The van der Waals surface area contributed by atoms with Crippen LogP contribution in [0.4, 0.5) is 0 Å². The van der Waals surface area contributed by atoms with Gasteiger partial charge in [-0.3, -0.25) is 4.79 Å². The molecule has 0 rings (SSSR count). The highest BCUT2D eigenvalue weighted by molar-refractivity contribution is 5.75. The van der Waals surface area contributed by atoms with Gasteiger partial charge in [0.1, 0.15) is 6.04 Å². The first-order valence-electron chi connectivity index (χ1n) is 5.21. The summed E-state index contributed by atoms with van der Waals surface area (Å²) in [6.07, 6.45) is 0.606. The van der Waals surface area contributed by atoms with Gasteiger partial charge >= 0.3 is 5.97 Å². The van der Waals surface area contributed by atoms with Crippen LogP contribution in [0, 0.1) is 0 Å². The van der Waals surface area contributed by atoms with Crippen molar-refractivity contribution in [2.45, 2.75) is 19.4 Å². The lowest BCUT2D eigenvalue weighted by Crippen LogP contribution is -2.36. The van der Waals surface area contributed by atoms with Gasteiger partial charge in [0.15, 0.2) is 0 Å². The largest absolute Gasteiger partial charge is 0.468 e. The lowest BCUT2D eigenvalue weighted by molar-refractivity contribution is -0.142. The van der Waals surface area contributed by atoms with Gasteiger partial charge in [-0.05, 0) is 26.9 Å². The van der Waals surface area contributed by atoms with Gasteiger partial charge in [0, 0.05) is 13.2 Å². The van der Waals surface area contributed by atoms with Crippen molar-refractivity contribution in [2.24, 2.45) is 5.73 Å². The Morgan fingerprint density at radius 3 is 2.67 bits per heavy atom. The zero-order chi connectivity index (χ0) is 11.7. The van der Waals surface area contributed by atoms with Crippen LogP contribution in [-0.4, -0.2) is 57.4 Å². The monoisotopic (exact) mass is 218 g/mol. The number of esters is 1. The average Bonchev–Trinajstić information content (AvgIpc) is 2.25. The normalized spacial score (nSPS) is 12.9. The number of hydrogen-bond acceptors (Lipinski definition) is 5. The lowest BCUT2D eigenvalue weighted by Gasteiger charge is -2.18. The van der Waals surface area contributed by atoms with E-state index >= 15 is 0 Å². The molecule has 0 aliphatic rings. The summed E-state index contributed by atoms with van der Waals surface area (Å²) in [4.78, 5) is 13.1. The summed E-state index contributed by atoms with van der Waals surface area (Å²) < 4.78 is 9.75. The summed E-state index contributed by atoms with van der Waals surface area (Å²) >= 11 is 0. The molecule has 0 aromatic carbocycles. The molecule has 0 aromatic rings. The van der Waals surface area contributed by atoms with Crippen LogP contribution in [0.2, 0.25) is 0 Å². The Morgan fingerprint density at radius 2 is 2.13 bits per heavy atom. The van der Waals surface area contributed by atoms with Gasteiger partial charge in [0.2, 0.25) is 0 Å². The minimum absolute atomic E-state index is 0.354. The molecule has 5 nitrogen and oxygen atoms in total. The summed E-state index contributed by atoms with van der Waals surface area (Å²) in [6, 6.07) is -0.524. The van der Waals surface area contributed by atoms with E-state index in [1.165, 1.54) is 7.11 Å². The molecule has 0 bridgehead atoms. The zero-order valence-corrected chi connectivity index (χ0v) is 9.86. The maximum atomic E-state index is 11.0. The first-order chi connectivity index (χ1) is 7.11. The van der Waals surface area contributed by atoms with Gasteiger partial charge in [-0.15, -0.1) is 0 Å². The first-order valence-corrected chi connectivity index (χ1v) is 5.21. The van der Waals surface area contributed by atoms with Crippen molar-refractivity contribution in [1.29, 1.82) is 0 Å². The smallest absolute Gasteiger partial charge is 0.322 e. The van der Waals surface area contributed by atoms with E-state index in [4.69, 9.17) is 10.5 Å². The molecule has 0 saturated carbocycles. The van der Waals surface area contributed by atoms with Crippen molar-refractivity contribution in [3.05, 3.63) is 0 Å². The number of likely N-dealkylation sites (N-methyl/N-ethyl adjacent to an activating group) is 1. The summed E-state index contributed by atoms with van der Waals surface area (Å²) in [6.45, 7) is 5.02. The van der Waals surface area contributed by atoms with Crippen LogP contribution in [0.5, 0.6) is 0 Å². The van der Waals surface area contributed by atoms with Gasteiger partial charge < -0.3 is 20.1 Å². The summed E-state index contributed by atoms with van der Waals surface area (Å²) in [5, 5.41) is 0. The third-order valence-corrected chi connectivity index (χ3v) is 2.15. The molecule has 5 heteroatoms. The standard InChI is InChI=1S/C10H22N2O3/c1-4-15-8-7-12(2)6-5-9(11)10(13)14-3/h9H,4-8,11H2,1-3H3. The minimum Gasteiger partial charge on any atom is -0.468 e. The van der Waals surface area contributed by atoms with E-state index in [0.717, 1.165) is 19.7 Å². The second kappa shape index (κ2) is 8.64. The predicted molar refractivity (Wildman–Crippen MR) is 58.6 cm³/mol. The fourth-order valence-corrected chi connectivity index (χ4v) is 1.11. The van der Waals surface area contributed by atoms with Crippen LogP contribution >= 0.6 is 0 Å². The number of carbonyl (C=O) groups is 1. The SMILES string of the molecule is CCOCCN(C)CCC(N)C(=O)OC. The van der Waals surface area contributed by atoms with E-state index in [0.29, 0.717) is 13.0 Å². The van der Waals surface area contributed by atoms with Crippen molar-refractivity contribution in [3.63, 3.8) is 0 Å². The fourth-order valence-electron chi connectivity index (χ4n) is 1.11. The number of nitrogens with two attached hydrogens (primary N) is 1. The Kier molecular flexibility index (Phi) is 8.27. The quantitative estimate of drug-likeness (QED) is 0.453. The van der Waals surface area contributed by atoms with Gasteiger partial charge in [-0.25, -0.2) is 0 Å². The molecule has 0 amide bonds. The average molecular weight is 218 g/mol. The summed E-state index contributed by atoms with van der Waals surface area (Å²) in [7, 11) is 3.32. The van der Waals surface area contributed by atoms with E-state index in [-0.39, 0.29) is 5.97 Å². The van der Waals surface area contributed by atoms with Gasteiger partial charge in [0.25, 0.3) is 0 Å². The molecule has 0 radical (unpaired) electrons. The zero-order valence-electron chi connectivity index (χ0n) is 9.86. The van der Waals surface area contributed by atoms with Crippen molar-refractivity contribution in [3.8, 4) is 0 Å². The molecule has 1 atom stereocenters. The Balaban J connectivity index is 3.52. The van der Waals surface area contributed by atoms with Crippen LogP contribution in [0.3, 0.4) is 0 Å².